The Morgan fingerprint density at radius 2 is 2.07 bits per heavy atom. The van der Waals surface area contributed by atoms with E-state index in [1.807, 2.05) is 43.1 Å². The molecule has 1 N–H and O–H groups in total. The first-order chi connectivity index (χ1) is 13.9. The molecule has 0 unspecified atom stereocenters. The van der Waals surface area contributed by atoms with Crippen molar-refractivity contribution in [2.45, 2.75) is 18.7 Å². The van der Waals surface area contributed by atoms with E-state index in [-0.39, 0.29) is 24.2 Å². The molecule has 0 saturated heterocycles. The van der Waals surface area contributed by atoms with Crippen molar-refractivity contribution < 1.29 is 9.72 Å². The van der Waals surface area contributed by atoms with Crippen LogP contribution in [-0.4, -0.2) is 41.6 Å². The fourth-order valence-electron chi connectivity index (χ4n) is 2.77. The van der Waals surface area contributed by atoms with Crippen LogP contribution in [0.4, 0.5) is 5.69 Å². The number of nitrogens with zero attached hydrogens (tertiary/aromatic N) is 3. The minimum Gasteiger partial charge on any atom is -0.354 e. The van der Waals surface area contributed by atoms with Gasteiger partial charge in [-0.25, -0.2) is 0 Å². The van der Waals surface area contributed by atoms with Crippen molar-refractivity contribution >= 4 is 23.4 Å². The summed E-state index contributed by atoms with van der Waals surface area (Å²) in [6, 6.07) is 16.0. The number of carbonyl (C=O) groups excluding carboxylic acids is 1. The maximum atomic E-state index is 12.2. The van der Waals surface area contributed by atoms with Gasteiger partial charge >= 0.3 is 0 Å². The zero-order valence-corrected chi connectivity index (χ0v) is 17.3. The molecule has 0 aromatic heterocycles. The van der Waals surface area contributed by atoms with E-state index in [4.69, 9.17) is 5.26 Å². The van der Waals surface area contributed by atoms with Gasteiger partial charge in [0.05, 0.1) is 23.1 Å². The van der Waals surface area contributed by atoms with Gasteiger partial charge in [0.15, 0.2) is 0 Å². The Morgan fingerprint density at radius 3 is 2.79 bits per heavy atom. The van der Waals surface area contributed by atoms with E-state index in [1.54, 1.807) is 23.9 Å². The molecule has 29 heavy (non-hydrogen) atoms. The van der Waals surface area contributed by atoms with Crippen molar-refractivity contribution in [3.63, 3.8) is 0 Å². The smallest absolute Gasteiger partial charge is 0.269 e. The van der Waals surface area contributed by atoms with E-state index in [1.165, 1.54) is 12.1 Å². The number of non-ortho nitro benzene ring substituents is 1. The number of hydrogen-bond acceptors (Lipinski definition) is 6. The van der Waals surface area contributed by atoms with Crippen molar-refractivity contribution in [3.8, 4) is 6.07 Å². The van der Waals surface area contributed by atoms with E-state index in [9.17, 15) is 14.9 Å². The van der Waals surface area contributed by atoms with Crippen LogP contribution in [0.5, 0.6) is 0 Å². The normalized spacial score (nSPS) is 11.7. The second kappa shape index (κ2) is 11.2. The number of nitro benzene ring substituents is 1. The molecule has 0 bridgehead atoms. The van der Waals surface area contributed by atoms with Gasteiger partial charge in [-0.3, -0.25) is 19.8 Å². The lowest BCUT2D eigenvalue weighted by atomic mass is 10.1. The maximum Gasteiger partial charge on any atom is 0.269 e. The van der Waals surface area contributed by atoms with Crippen molar-refractivity contribution in [1.29, 1.82) is 5.26 Å². The highest BCUT2D eigenvalue weighted by Crippen LogP contribution is 2.22. The van der Waals surface area contributed by atoms with Crippen molar-refractivity contribution in [1.82, 2.24) is 10.2 Å². The molecule has 8 heteroatoms. The van der Waals surface area contributed by atoms with Crippen LogP contribution in [0.2, 0.25) is 0 Å². The summed E-state index contributed by atoms with van der Waals surface area (Å²) in [7, 11) is 1.82. The molecule has 1 amide bonds. The third-order valence-corrected chi connectivity index (χ3v) is 5.59. The summed E-state index contributed by atoms with van der Waals surface area (Å²) < 4.78 is 0. The van der Waals surface area contributed by atoms with Crippen LogP contribution < -0.4 is 5.32 Å². The van der Waals surface area contributed by atoms with Crippen LogP contribution in [-0.2, 0) is 10.5 Å². The molecule has 7 nitrogen and oxygen atoms in total. The van der Waals surface area contributed by atoms with Crippen LogP contribution in [0.15, 0.2) is 48.5 Å². The van der Waals surface area contributed by atoms with Crippen molar-refractivity contribution in [3.05, 3.63) is 75.3 Å². The molecule has 0 aliphatic carbocycles. The molecule has 0 aliphatic rings. The van der Waals surface area contributed by atoms with Crippen LogP contribution in [0.25, 0.3) is 0 Å². The summed E-state index contributed by atoms with van der Waals surface area (Å²) in [4.78, 5) is 24.5. The molecule has 0 heterocycles. The fraction of sp³-hybridized carbons (Fsp3) is 0.333. The second-order valence-corrected chi connectivity index (χ2v) is 7.72. The molecule has 0 saturated carbocycles. The zero-order chi connectivity index (χ0) is 21.2. The number of thioether (sulfide) groups is 1. The van der Waals surface area contributed by atoms with E-state index >= 15 is 0 Å². The number of likely N-dealkylation sites (N-methyl/N-ethyl adjacent to an activating group) is 1. The highest BCUT2D eigenvalue weighted by atomic mass is 32.2. The lowest BCUT2D eigenvalue weighted by Gasteiger charge is -2.24. The Morgan fingerprint density at radius 1 is 1.31 bits per heavy atom. The van der Waals surface area contributed by atoms with E-state index in [2.05, 4.69) is 11.4 Å². The Balaban J connectivity index is 1.74. The second-order valence-electron chi connectivity index (χ2n) is 6.61. The van der Waals surface area contributed by atoms with Gasteiger partial charge in [-0.1, -0.05) is 30.3 Å². The molecule has 2 aromatic carbocycles. The summed E-state index contributed by atoms with van der Waals surface area (Å²) in [5.41, 5.74) is 2.51. The number of nitriles is 1. The number of nitro groups is 1. The van der Waals surface area contributed by atoms with Crippen LogP contribution >= 0.6 is 11.8 Å². The summed E-state index contributed by atoms with van der Waals surface area (Å²) in [5, 5.41) is 22.9. The minimum absolute atomic E-state index is 0.0437. The third-order valence-electron chi connectivity index (χ3n) is 4.58. The predicted octanol–water partition coefficient (Wildman–Crippen LogP) is 3.51. The molecular formula is C21H24N4O3S. The highest BCUT2D eigenvalue weighted by Gasteiger charge is 2.17. The SMILES string of the molecule is C[C@H](c1cccc([N+](=O)[O-])c1)N(C)CC(=O)NCCSCc1ccccc1C#N. The minimum atomic E-state index is -0.421. The molecule has 152 valence electrons. The Labute approximate surface area is 174 Å². The molecule has 0 fully saturated rings. The van der Waals surface area contributed by atoms with Crippen molar-refractivity contribution in [2.24, 2.45) is 0 Å². The molecule has 1 atom stereocenters. The standard InChI is InChI=1S/C21H24N4O3S/c1-16(17-8-5-9-20(12-17)25(27)28)24(2)14-21(26)23-10-11-29-15-19-7-4-3-6-18(19)13-22/h3-9,12,16H,10-11,14-15H2,1-2H3,(H,23,26)/t16-/m1/s1. The summed E-state index contributed by atoms with van der Waals surface area (Å²) in [5.74, 6) is 1.38. The van der Waals surface area contributed by atoms with Gasteiger partial charge in [-0.05, 0) is 31.2 Å². The van der Waals surface area contributed by atoms with Gasteiger partial charge in [0, 0.05) is 36.2 Å². The van der Waals surface area contributed by atoms with Gasteiger partial charge in [-0.2, -0.15) is 17.0 Å². The summed E-state index contributed by atoms with van der Waals surface area (Å²) in [6.45, 7) is 2.65. The highest BCUT2D eigenvalue weighted by molar-refractivity contribution is 7.98. The van der Waals surface area contributed by atoms with Crippen LogP contribution in [0.3, 0.4) is 0 Å². The third kappa shape index (κ3) is 6.89. The van der Waals surface area contributed by atoms with Gasteiger partial charge in [-0.15, -0.1) is 0 Å². The summed E-state index contributed by atoms with van der Waals surface area (Å²) >= 11 is 1.66. The Hall–Kier alpha value is -2.89. The topological polar surface area (TPSA) is 99.3 Å². The van der Waals surface area contributed by atoms with Gasteiger partial charge in [0.1, 0.15) is 0 Å². The van der Waals surface area contributed by atoms with Gasteiger partial charge < -0.3 is 5.32 Å². The first-order valence-corrected chi connectivity index (χ1v) is 10.3. The number of rotatable bonds is 10. The van der Waals surface area contributed by atoms with E-state index < -0.39 is 4.92 Å². The fourth-order valence-corrected chi connectivity index (χ4v) is 3.63. The van der Waals surface area contributed by atoms with E-state index in [0.717, 1.165) is 22.6 Å². The first kappa shape index (κ1) is 22.4. The molecule has 0 aliphatic heterocycles. The number of benzene rings is 2. The number of hydrogen-bond donors (Lipinski definition) is 1. The average molecular weight is 413 g/mol. The lowest BCUT2D eigenvalue weighted by Crippen LogP contribution is -2.37. The predicted molar refractivity (Wildman–Crippen MR) is 114 cm³/mol. The largest absolute Gasteiger partial charge is 0.354 e. The van der Waals surface area contributed by atoms with Crippen LogP contribution in [0, 0.1) is 21.4 Å². The zero-order valence-electron chi connectivity index (χ0n) is 16.5. The number of amides is 1. The maximum absolute atomic E-state index is 12.2. The van der Waals surface area contributed by atoms with Crippen molar-refractivity contribution in [2.75, 3.05) is 25.9 Å². The molecular weight excluding hydrogens is 388 g/mol. The first-order valence-electron chi connectivity index (χ1n) is 9.19. The quantitative estimate of drug-likeness (QED) is 0.364. The Kier molecular flexibility index (Phi) is 8.65. The molecule has 2 aromatic rings. The van der Waals surface area contributed by atoms with Gasteiger partial charge in [0.25, 0.3) is 5.69 Å². The molecule has 2 rings (SSSR count). The summed E-state index contributed by atoms with van der Waals surface area (Å²) in [6.07, 6.45) is 0. The number of carbonyl (C=O) groups is 1. The molecule has 0 spiro atoms. The van der Waals surface area contributed by atoms with Crippen LogP contribution in [0.1, 0.15) is 29.7 Å². The lowest BCUT2D eigenvalue weighted by molar-refractivity contribution is -0.384. The number of nitrogens with one attached hydrogen (secondary N) is 1. The van der Waals surface area contributed by atoms with E-state index in [0.29, 0.717) is 12.1 Å². The molecule has 0 radical (unpaired) electrons. The average Bonchev–Trinajstić information content (AvgIpc) is 2.73. The monoisotopic (exact) mass is 412 g/mol. The Bertz CT molecular complexity index is 897. The van der Waals surface area contributed by atoms with Gasteiger partial charge in [0.2, 0.25) is 5.91 Å².